The molecule has 130 valence electrons. The molecule has 0 aliphatic rings. The van der Waals surface area contributed by atoms with Crippen molar-refractivity contribution < 1.29 is 22.6 Å². The number of benzene rings is 2. The zero-order valence-corrected chi connectivity index (χ0v) is 14.7. The van der Waals surface area contributed by atoms with E-state index in [-0.39, 0.29) is 4.90 Å². The van der Waals surface area contributed by atoms with Crippen LogP contribution < -0.4 is 18.9 Å². The van der Waals surface area contributed by atoms with Gasteiger partial charge in [0, 0.05) is 11.8 Å². The first-order chi connectivity index (χ1) is 11.5. The summed E-state index contributed by atoms with van der Waals surface area (Å²) >= 11 is 0. The predicted molar refractivity (Wildman–Crippen MR) is 92.6 cm³/mol. The van der Waals surface area contributed by atoms with Crippen LogP contribution in [0.2, 0.25) is 0 Å². The molecule has 2 rings (SSSR count). The fraction of sp³-hybridized carbons (Fsp3) is 0.294. The molecule has 0 saturated heterocycles. The van der Waals surface area contributed by atoms with Gasteiger partial charge in [0.15, 0.2) is 11.5 Å². The van der Waals surface area contributed by atoms with E-state index in [4.69, 9.17) is 14.2 Å². The molecule has 0 heterocycles. The van der Waals surface area contributed by atoms with Crippen molar-refractivity contribution in [2.75, 3.05) is 25.5 Å². The van der Waals surface area contributed by atoms with Crippen molar-refractivity contribution in [1.82, 2.24) is 0 Å². The third-order valence-corrected chi connectivity index (χ3v) is 4.62. The molecular formula is C17H21NO5S. The van der Waals surface area contributed by atoms with Gasteiger partial charge in [0.25, 0.3) is 10.0 Å². The standard InChI is InChI=1S/C17H21NO5S/c1-4-11-23-14-7-5-13(6-8-14)18-24(19,20)15-9-10-16(21-2)17(12-15)22-3/h5-10,12,18H,4,11H2,1-3H3. The highest BCUT2D eigenvalue weighted by atomic mass is 32.2. The molecule has 0 unspecified atom stereocenters. The van der Waals surface area contributed by atoms with Crippen LogP contribution in [0.5, 0.6) is 17.2 Å². The maximum atomic E-state index is 12.5. The minimum Gasteiger partial charge on any atom is -0.494 e. The van der Waals surface area contributed by atoms with Gasteiger partial charge in [-0.05, 0) is 42.8 Å². The number of ether oxygens (including phenoxy) is 3. The molecule has 0 radical (unpaired) electrons. The predicted octanol–water partition coefficient (Wildman–Crippen LogP) is 3.29. The van der Waals surface area contributed by atoms with Crippen molar-refractivity contribution in [1.29, 1.82) is 0 Å². The molecule has 0 fully saturated rings. The fourth-order valence-corrected chi connectivity index (χ4v) is 3.11. The molecule has 0 bridgehead atoms. The van der Waals surface area contributed by atoms with Crippen LogP contribution in [0.4, 0.5) is 5.69 Å². The molecular weight excluding hydrogens is 330 g/mol. The number of sulfonamides is 1. The van der Waals surface area contributed by atoms with Gasteiger partial charge >= 0.3 is 0 Å². The Kier molecular flexibility index (Phi) is 5.92. The van der Waals surface area contributed by atoms with Crippen LogP contribution >= 0.6 is 0 Å². The Balaban J connectivity index is 2.19. The number of nitrogens with one attached hydrogen (secondary N) is 1. The molecule has 0 aliphatic carbocycles. The minimum atomic E-state index is -3.73. The Labute approximate surface area is 142 Å². The molecule has 0 amide bonds. The molecule has 0 aromatic heterocycles. The van der Waals surface area contributed by atoms with Crippen LogP contribution in [0.3, 0.4) is 0 Å². The average Bonchev–Trinajstić information content (AvgIpc) is 2.60. The molecule has 0 spiro atoms. The van der Waals surface area contributed by atoms with E-state index in [0.717, 1.165) is 6.42 Å². The normalized spacial score (nSPS) is 11.0. The highest BCUT2D eigenvalue weighted by molar-refractivity contribution is 7.92. The summed E-state index contributed by atoms with van der Waals surface area (Å²) in [4.78, 5) is 0.0893. The van der Waals surface area contributed by atoms with Crippen molar-refractivity contribution >= 4 is 15.7 Å². The van der Waals surface area contributed by atoms with E-state index in [1.807, 2.05) is 6.92 Å². The van der Waals surface area contributed by atoms with Gasteiger partial charge in [0.05, 0.1) is 25.7 Å². The van der Waals surface area contributed by atoms with Crippen LogP contribution in [0, 0.1) is 0 Å². The SMILES string of the molecule is CCCOc1ccc(NS(=O)(=O)c2ccc(OC)c(OC)c2)cc1. The Hall–Kier alpha value is -2.41. The lowest BCUT2D eigenvalue weighted by Gasteiger charge is -2.12. The van der Waals surface area contributed by atoms with Crippen molar-refractivity contribution in [3.05, 3.63) is 42.5 Å². The van der Waals surface area contributed by atoms with Gasteiger partial charge in [-0.2, -0.15) is 0 Å². The first kappa shape index (κ1) is 17.9. The van der Waals surface area contributed by atoms with Crippen molar-refractivity contribution in [2.24, 2.45) is 0 Å². The van der Waals surface area contributed by atoms with Gasteiger partial charge in [-0.15, -0.1) is 0 Å². The van der Waals surface area contributed by atoms with Gasteiger partial charge in [-0.1, -0.05) is 6.92 Å². The van der Waals surface area contributed by atoms with E-state index >= 15 is 0 Å². The summed E-state index contributed by atoms with van der Waals surface area (Å²) in [5.74, 6) is 1.52. The lowest BCUT2D eigenvalue weighted by molar-refractivity contribution is 0.317. The lowest BCUT2D eigenvalue weighted by Crippen LogP contribution is -2.13. The van der Waals surface area contributed by atoms with E-state index in [1.165, 1.54) is 26.4 Å². The smallest absolute Gasteiger partial charge is 0.262 e. The largest absolute Gasteiger partial charge is 0.494 e. The molecule has 24 heavy (non-hydrogen) atoms. The van der Waals surface area contributed by atoms with E-state index < -0.39 is 10.0 Å². The molecule has 2 aromatic carbocycles. The number of rotatable bonds is 8. The number of hydrogen-bond acceptors (Lipinski definition) is 5. The van der Waals surface area contributed by atoms with Crippen molar-refractivity contribution in [3.63, 3.8) is 0 Å². The van der Waals surface area contributed by atoms with E-state index in [1.54, 1.807) is 30.3 Å². The fourth-order valence-electron chi connectivity index (χ4n) is 2.04. The van der Waals surface area contributed by atoms with Crippen molar-refractivity contribution in [3.8, 4) is 17.2 Å². The van der Waals surface area contributed by atoms with Crippen LogP contribution in [0.25, 0.3) is 0 Å². The maximum absolute atomic E-state index is 12.5. The van der Waals surface area contributed by atoms with Gasteiger partial charge in [0.1, 0.15) is 5.75 Å². The molecule has 0 saturated carbocycles. The van der Waals surface area contributed by atoms with Crippen LogP contribution in [-0.4, -0.2) is 29.2 Å². The van der Waals surface area contributed by atoms with Gasteiger partial charge in [0.2, 0.25) is 0 Å². The zero-order valence-electron chi connectivity index (χ0n) is 13.9. The molecule has 1 N–H and O–H groups in total. The minimum absolute atomic E-state index is 0.0893. The van der Waals surface area contributed by atoms with Crippen molar-refractivity contribution in [2.45, 2.75) is 18.2 Å². The molecule has 0 aliphatic heterocycles. The summed E-state index contributed by atoms with van der Waals surface area (Å²) in [6.45, 7) is 2.64. The Morgan fingerprint density at radius 3 is 2.21 bits per heavy atom. The second-order valence-corrected chi connectivity index (χ2v) is 6.68. The van der Waals surface area contributed by atoms with Gasteiger partial charge in [-0.25, -0.2) is 8.42 Å². The summed E-state index contributed by atoms with van der Waals surface area (Å²) in [6, 6.07) is 11.2. The van der Waals surface area contributed by atoms with E-state index in [2.05, 4.69) is 4.72 Å². The molecule has 7 heteroatoms. The zero-order chi connectivity index (χ0) is 17.6. The van der Waals surface area contributed by atoms with Crippen LogP contribution in [0.1, 0.15) is 13.3 Å². The quantitative estimate of drug-likeness (QED) is 0.790. The maximum Gasteiger partial charge on any atom is 0.262 e. The Morgan fingerprint density at radius 2 is 1.62 bits per heavy atom. The summed E-state index contributed by atoms with van der Waals surface area (Å²) < 4.78 is 43.2. The third kappa shape index (κ3) is 4.32. The van der Waals surface area contributed by atoms with Gasteiger partial charge < -0.3 is 14.2 Å². The summed E-state index contributed by atoms with van der Waals surface area (Å²) in [5.41, 5.74) is 0.452. The monoisotopic (exact) mass is 351 g/mol. The highest BCUT2D eigenvalue weighted by Gasteiger charge is 2.17. The Morgan fingerprint density at radius 1 is 0.958 bits per heavy atom. The van der Waals surface area contributed by atoms with Gasteiger partial charge in [-0.3, -0.25) is 4.72 Å². The molecule has 6 nitrogen and oxygen atoms in total. The second kappa shape index (κ2) is 7.92. The highest BCUT2D eigenvalue weighted by Crippen LogP contribution is 2.30. The Bertz CT molecular complexity index is 772. The second-order valence-electron chi connectivity index (χ2n) is 5.00. The summed E-state index contributed by atoms with van der Waals surface area (Å²) in [7, 11) is -0.780. The number of hydrogen-bond donors (Lipinski definition) is 1. The van der Waals surface area contributed by atoms with Crippen LogP contribution in [0.15, 0.2) is 47.4 Å². The topological polar surface area (TPSA) is 73.9 Å². The molecule has 2 aromatic rings. The number of anilines is 1. The van der Waals surface area contributed by atoms with E-state index in [9.17, 15) is 8.42 Å². The number of methoxy groups -OCH3 is 2. The lowest BCUT2D eigenvalue weighted by atomic mass is 10.3. The third-order valence-electron chi connectivity index (χ3n) is 3.24. The average molecular weight is 351 g/mol. The summed E-state index contributed by atoms with van der Waals surface area (Å²) in [5, 5.41) is 0. The molecule has 0 atom stereocenters. The summed E-state index contributed by atoms with van der Waals surface area (Å²) in [6.07, 6.45) is 0.910. The first-order valence-corrected chi connectivity index (χ1v) is 8.96. The van der Waals surface area contributed by atoms with Crippen LogP contribution in [-0.2, 0) is 10.0 Å². The first-order valence-electron chi connectivity index (χ1n) is 7.48. The van der Waals surface area contributed by atoms with E-state index in [0.29, 0.717) is 29.5 Å².